The molecule has 0 bridgehead atoms. The van der Waals surface area contributed by atoms with Crippen molar-refractivity contribution in [2.45, 2.75) is 32.7 Å². The van der Waals surface area contributed by atoms with Gasteiger partial charge in [-0.15, -0.1) is 0 Å². The van der Waals surface area contributed by atoms with Gasteiger partial charge in [0.05, 0.1) is 34.2 Å². The van der Waals surface area contributed by atoms with Crippen LogP contribution in [-0.4, -0.2) is 61.4 Å². The van der Waals surface area contributed by atoms with Crippen LogP contribution < -0.4 is 5.32 Å². The second-order valence-electron chi connectivity index (χ2n) is 10.4. The lowest BCUT2D eigenvalue weighted by molar-refractivity contribution is -0.131. The number of rotatable bonds is 8. The fraction of sp³-hybridized carbons (Fsp3) is 0.267. The molecule has 40 heavy (non-hydrogen) atoms. The van der Waals surface area contributed by atoms with E-state index in [9.17, 15) is 9.59 Å². The third kappa shape index (κ3) is 5.79. The topological polar surface area (TPSA) is 105 Å². The Bertz CT molecular complexity index is 1710. The van der Waals surface area contributed by atoms with E-state index in [0.29, 0.717) is 29.9 Å². The van der Waals surface area contributed by atoms with Crippen molar-refractivity contribution in [2.24, 2.45) is 5.92 Å². The molecule has 0 aliphatic heterocycles. The Hall–Kier alpha value is -4.37. The average molecular weight is 556 g/mol. The Labute approximate surface area is 237 Å². The number of carbonyl (C=O) groups is 2. The fourth-order valence-corrected chi connectivity index (χ4v) is 4.88. The Morgan fingerprint density at radius 2 is 1.82 bits per heavy atom. The number of pyridine rings is 1. The van der Waals surface area contributed by atoms with Gasteiger partial charge in [-0.25, -0.2) is 14.5 Å². The van der Waals surface area contributed by atoms with E-state index < -0.39 is 11.9 Å². The molecule has 0 aliphatic rings. The predicted octanol–water partition coefficient (Wildman–Crippen LogP) is 4.82. The highest BCUT2D eigenvalue weighted by atomic mass is 35.5. The van der Waals surface area contributed by atoms with E-state index in [1.54, 1.807) is 55.4 Å². The van der Waals surface area contributed by atoms with Gasteiger partial charge in [-0.2, -0.15) is 5.10 Å². The molecule has 10 heteroatoms. The van der Waals surface area contributed by atoms with Crippen molar-refractivity contribution in [2.75, 3.05) is 14.1 Å². The number of halogens is 1. The van der Waals surface area contributed by atoms with Crippen LogP contribution in [0.25, 0.3) is 27.9 Å². The van der Waals surface area contributed by atoms with Gasteiger partial charge in [-0.1, -0.05) is 43.6 Å². The number of nitrogens with zero attached hydrogens (tertiary/aromatic N) is 6. The molecule has 204 valence electrons. The lowest BCUT2D eigenvalue weighted by Gasteiger charge is -2.23. The van der Waals surface area contributed by atoms with Crippen molar-refractivity contribution in [1.82, 2.24) is 34.8 Å². The fourth-order valence-electron chi connectivity index (χ4n) is 4.62. The van der Waals surface area contributed by atoms with Crippen LogP contribution in [0.4, 0.5) is 0 Å². The number of hydrogen-bond donors (Lipinski definition) is 1. The average Bonchev–Trinajstić information content (AvgIpc) is 3.33. The minimum absolute atomic E-state index is 0.158. The van der Waals surface area contributed by atoms with Gasteiger partial charge in [-0.05, 0) is 48.2 Å². The molecule has 2 amide bonds. The Balaban J connectivity index is 1.39. The molecule has 5 rings (SSSR count). The minimum Gasteiger partial charge on any atom is -0.347 e. The normalized spacial score (nSPS) is 12.2. The molecule has 9 nitrogen and oxygen atoms in total. The minimum atomic E-state index is -0.634. The van der Waals surface area contributed by atoms with Crippen LogP contribution in [0.1, 0.15) is 41.9 Å². The number of amides is 2. The predicted molar refractivity (Wildman–Crippen MR) is 155 cm³/mol. The summed E-state index contributed by atoms with van der Waals surface area (Å²) in [5.74, 6) is 0.160. The molecule has 0 aliphatic carbocycles. The summed E-state index contributed by atoms with van der Waals surface area (Å²) in [6.45, 7) is 4.01. The standard InChI is InChI=1S/C30H30ClN7O2/c1-18(2)12-26(29(40)37(3)4)35-28(39)23-9-8-21(15-24(23)31)27-17-34-30-33-16-22(38(30)36-27)14-19-7-10-25-20(13-19)6-5-11-32-25/h5-11,13,15-18,26H,12,14H2,1-4H3,(H,35,39)/t26-/m0/s1. The van der Waals surface area contributed by atoms with E-state index >= 15 is 0 Å². The molecule has 3 heterocycles. The zero-order valence-electron chi connectivity index (χ0n) is 22.8. The Morgan fingerprint density at radius 1 is 1.02 bits per heavy atom. The summed E-state index contributed by atoms with van der Waals surface area (Å²) in [5, 5.41) is 8.95. The third-order valence-electron chi connectivity index (χ3n) is 6.61. The zero-order chi connectivity index (χ0) is 28.4. The van der Waals surface area contributed by atoms with E-state index in [1.807, 2.05) is 38.1 Å². The smallest absolute Gasteiger partial charge is 0.253 e. The van der Waals surface area contributed by atoms with E-state index in [2.05, 4.69) is 26.3 Å². The van der Waals surface area contributed by atoms with Gasteiger partial charge in [0.1, 0.15) is 11.7 Å². The first-order chi connectivity index (χ1) is 19.2. The number of fused-ring (bicyclic) bond motifs is 2. The van der Waals surface area contributed by atoms with Gasteiger partial charge >= 0.3 is 0 Å². The largest absolute Gasteiger partial charge is 0.347 e. The molecule has 3 aromatic heterocycles. The molecule has 2 aromatic carbocycles. The van der Waals surface area contributed by atoms with E-state index in [4.69, 9.17) is 16.7 Å². The van der Waals surface area contributed by atoms with Gasteiger partial charge < -0.3 is 10.2 Å². The van der Waals surface area contributed by atoms with Crippen LogP contribution in [-0.2, 0) is 11.2 Å². The van der Waals surface area contributed by atoms with Crippen molar-refractivity contribution in [3.63, 3.8) is 0 Å². The molecule has 0 radical (unpaired) electrons. The third-order valence-corrected chi connectivity index (χ3v) is 6.93. The molecule has 0 saturated heterocycles. The van der Waals surface area contributed by atoms with Gasteiger partial charge in [0, 0.05) is 37.7 Å². The summed E-state index contributed by atoms with van der Waals surface area (Å²) >= 11 is 6.56. The molecular weight excluding hydrogens is 526 g/mol. The second kappa shape index (κ2) is 11.4. The number of imidazole rings is 1. The number of aromatic nitrogens is 5. The van der Waals surface area contributed by atoms with Crippen molar-refractivity contribution < 1.29 is 9.59 Å². The van der Waals surface area contributed by atoms with Crippen LogP contribution in [0.5, 0.6) is 0 Å². The molecule has 1 atom stereocenters. The maximum absolute atomic E-state index is 13.1. The van der Waals surface area contributed by atoms with Crippen LogP contribution in [0.2, 0.25) is 5.02 Å². The van der Waals surface area contributed by atoms with Crippen LogP contribution in [0, 0.1) is 5.92 Å². The van der Waals surface area contributed by atoms with E-state index in [1.165, 1.54) is 4.90 Å². The Morgan fingerprint density at radius 3 is 2.58 bits per heavy atom. The molecule has 0 fully saturated rings. The van der Waals surface area contributed by atoms with Crippen LogP contribution in [0.15, 0.2) is 67.1 Å². The monoisotopic (exact) mass is 555 g/mol. The highest BCUT2D eigenvalue weighted by Crippen LogP contribution is 2.25. The van der Waals surface area contributed by atoms with E-state index in [0.717, 1.165) is 22.2 Å². The summed E-state index contributed by atoms with van der Waals surface area (Å²) in [7, 11) is 3.35. The molecular formula is C30H30ClN7O2. The molecule has 0 unspecified atom stereocenters. The SMILES string of the molecule is CC(C)C[C@H](NC(=O)c1ccc(-c2cnc3ncc(Cc4ccc5ncccc5c4)n3n2)cc1Cl)C(=O)N(C)C. The van der Waals surface area contributed by atoms with Crippen LogP contribution in [0.3, 0.4) is 0 Å². The maximum atomic E-state index is 13.1. The zero-order valence-corrected chi connectivity index (χ0v) is 23.6. The van der Waals surface area contributed by atoms with Crippen molar-refractivity contribution >= 4 is 40.1 Å². The van der Waals surface area contributed by atoms with E-state index in [-0.39, 0.29) is 22.4 Å². The molecule has 0 saturated carbocycles. The number of likely N-dealkylation sites (N-methyl/N-ethyl adjacent to an activating group) is 1. The molecule has 0 spiro atoms. The number of carbonyl (C=O) groups excluding carboxylic acids is 2. The van der Waals surface area contributed by atoms with Gasteiger partial charge in [0.25, 0.3) is 11.7 Å². The summed E-state index contributed by atoms with van der Waals surface area (Å²) in [6.07, 6.45) is 6.33. The molecule has 5 aromatic rings. The van der Waals surface area contributed by atoms with Crippen molar-refractivity contribution in [3.8, 4) is 11.3 Å². The highest BCUT2D eigenvalue weighted by molar-refractivity contribution is 6.34. The number of nitrogens with one attached hydrogen (secondary N) is 1. The maximum Gasteiger partial charge on any atom is 0.253 e. The first kappa shape index (κ1) is 27.2. The Kier molecular flexibility index (Phi) is 7.75. The van der Waals surface area contributed by atoms with Gasteiger partial charge in [0.2, 0.25) is 5.91 Å². The summed E-state index contributed by atoms with van der Waals surface area (Å²) < 4.78 is 1.72. The number of hydrogen-bond acceptors (Lipinski definition) is 6. The lowest BCUT2D eigenvalue weighted by Crippen LogP contribution is -2.47. The highest BCUT2D eigenvalue weighted by Gasteiger charge is 2.25. The van der Waals surface area contributed by atoms with Crippen molar-refractivity contribution in [3.05, 3.63) is 89.0 Å². The summed E-state index contributed by atoms with van der Waals surface area (Å²) in [4.78, 5) is 40.4. The summed E-state index contributed by atoms with van der Waals surface area (Å²) in [5.41, 5.74) is 4.52. The van der Waals surface area contributed by atoms with Crippen LogP contribution >= 0.6 is 11.6 Å². The quantitative estimate of drug-likeness (QED) is 0.294. The van der Waals surface area contributed by atoms with Gasteiger partial charge in [-0.3, -0.25) is 14.6 Å². The number of benzene rings is 2. The summed E-state index contributed by atoms with van der Waals surface area (Å²) in [6, 6.07) is 14.6. The molecule has 1 N–H and O–H groups in total. The second-order valence-corrected chi connectivity index (χ2v) is 10.8. The van der Waals surface area contributed by atoms with Crippen molar-refractivity contribution in [1.29, 1.82) is 0 Å². The first-order valence-electron chi connectivity index (χ1n) is 13.0. The first-order valence-corrected chi connectivity index (χ1v) is 13.4. The van der Waals surface area contributed by atoms with Gasteiger partial charge in [0.15, 0.2) is 0 Å². The lowest BCUT2D eigenvalue weighted by atomic mass is 10.0.